The molecule has 0 spiro atoms. The third-order valence-corrected chi connectivity index (χ3v) is 5.32. The maximum absolute atomic E-state index is 13.2. The summed E-state index contributed by atoms with van der Waals surface area (Å²) in [5.41, 5.74) is 0.633. The van der Waals surface area contributed by atoms with E-state index in [1.54, 1.807) is 22.2 Å². The molecule has 0 saturated carbocycles. The van der Waals surface area contributed by atoms with E-state index in [-0.39, 0.29) is 17.3 Å². The zero-order chi connectivity index (χ0) is 18.4. The van der Waals surface area contributed by atoms with Gasteiger partial charge in [0.15, 0.2) is 0 Å². The number of aryl methyl sites for hydroxylation is 1. The van der Waals surface area contributed by atoms with E-state index < -0.39 is 0 Å². The molecule has 26 heavy (non-hydrogen) atoms. The Morgan fingerprint density at radius 1 is 1.04 bits per heavy atom. The monoisotopic (exact) mass is 372 g/mol. The van der Waals surface area contributed by atoms with Crippen molar-refractivity contribution in [2.24, 2.45) is 0 Å². The number of aromatic nitrogens is 1. The number of rotatable bonds is 8. The van der Waals surface area contributed by atoms with Gasteiger partial charge in [0.2, 0.25) is 0 Å². The van der Waals surface area contributed by atoms with Crippen molar-refractivity contribution in [1.29, 1.82) is 0 Å². The van der Waals surface area contributed by atoms with E-state index in [9.17, 15) is 14.0 Å². The molecule has 1 amide bonds. The average molecular weight is 372 g/mol. The van der Waals surface area contributed by atoms with Crippen LogP contribution in [0.25, 0.3) is 10.1 Å². The first-order chi connectivity index (χ1) is 12.6. The molecule has 0 aliphatic carbocycles. The lowest BCUT2D eigenvalue weighted by atomic mass is 10.2. The van der Waals surface area contributed by atoms with Gasteiger partial charge in [0.25, 0.3) is 11.5 Å². The third kappa shape index (κ3) is 4.58. The third-order valence-electron chi connectivity index (χ3n) is 4.22. The van der Waals surface area contributed by atoms with E-state index in [0.717, 1.165) is 25.7 Å². The van der Waals surface area contributed by atoms with Crippen LogP contribution in [-0.4, -0.2) is 16.4 Å². The molecule has 1 aromatic heterocycles. The Labute approximate surface area is 155 Å². The van der Waals surface area contributed by atoms with Gasteiger partial charge in [0, 0.05) is 18.7 Å². The maximum atomic E-state index is 13.2. The highest BCUT2D eigenvalue weighted by atomic mass is 32.1. The summed E-state index contributed by atoms with van der Waals surface area (Å²) in [6.07, 6.45) is 3.77. The Kier molecular flexibility index (Phi) is 6.17. The first kappa shape index (κ1) is 18.3. The summed E-state index contributed by atoms with van der Waals surface area (Å²) >= 11 is 1.32. The van der Waals surface area contributed by atoms with Crippen LogP contribution in [0.4, 0.5) is 4.39 Å². The largest absolute Gasteiger partial charge is 0.352 e. The van der Waals surface area contributed by atoms with E-state index in [4.69, 9.17) is 0 Å². The zero-order valence-electron chi connectivity index (χ0n) is 14.4. The van der Waals surface area contributed by atoms with Crippen LogP contribution in [0.15, 0.2) is 53.3 Å². The number of fused-ring (bicyclic) bond motifs is 1. The molecular weight excluding hydrogens is 351 g/mol. The molecule has 0 saturated heterocycles. The van der Waals surface area contributed by atoms with Gasteiger partial charge in [-0.3, -0.25) is 13.5 Å². The molecule has 3 aromatic rings. The summed E-state index contributed by atoms with van der Waals surface area (Å²) in [5.74, 6) is -0.363. The smallest absolute Gasteiger partial charge is 0.268 e. The fourth-order valence-corrected chi connectivity index (χ4v) is 3.88. The number of hydrogen-bond donors (Lipinski definition) is 1. The molecule has 3 rings (SSSR count). The Morgan fingerprint density at radius 3 is 2.62 bits per heavy atom. The van der Waals surface area contributed by atoms with Crippen molar-refractivity contribution in [2.45, 2.75) is 32.2 Å². The highest BCUT2D eigenvalue weighted by Crippen LogP contribution is 2.18. The first-order valence-electron chi connectivity index (χ1n) is 8.78. The van der Waals surface area contributed by atoms with Gasteiger partial charge in [0.1, 0.15) is 5.82 Å². The van der Waals surface area contributed by atoms with E-state index in [1.807, 2.05) is 18.2 Å². The predicted octanol–water partition coefficient (Wildman–Crippen LogP) is 4.19. The molecule has 0 aliphatic rings. The predicted molar refractivity (Wildman–Crippen MR) is 103 cm³/mol. The number of unbranched alkanes of at least 4 members (excludes halogenated alkanes) is 3. The quantitative estimate of drug-likeness (QED) is 0.603. The SMILES string of the molecule is O=C(NCCCCCCn1sc2cc(F)ccc2c1=O)c1ccccc1. The van der Waals surface area contributed by atoms with Crippen LogP contribution in [0.2, 0.25) is 0 Å². The average Bonchev–Trinajstić information content (AvgIpc) is 2.96. The Hall–Kier alpha value is -2.47. The Balaban J connectivity index is 1.37. The molecule has 1 N–H and O–H groups in total. The Bertz CT molecular complexity index is 934. The van der Waals surface area contributed by atoms with Crippen molar-refractivity contribution < 1.29 is 9.18 Å². The van der Waals surface area contributed by atoms with Crippen molar-refractivity contribution in [3.05, 3.63) is 70.3 Å². The van der Waals surface area contributed by atoms with Gasteiger partial charge in [-0.2, -0.15) is 0 Å². The molecule has 4 nitrogen and oxygen atoms in total. The van der Waals surface area contributed by atoms with Crippen LogP contribution < -0.4 is 10.9 Å². The summed E-state index contributed by atoms with van der Waals surface area (Å²) in [6, 6.07) is 13.5. The van der Waals surface area contributed by atoms with Gasteiger partial charge < -0.3 is 5.32 Å². The van der Waals surface area contributed by atoms with Crippen molar-refractivity contribution in [3.8, 4) is 0 Å². The number of amides is 1. The molecule has 2 aromatic carbocycles. The molecule has 0 fully saturated rings. The van der Waals surface area contributed by atoms with Gasteiger partial charge in [-0.05, 0) is 43.2 Å². The van der Waals surface area contributed by atoms with Gasteiger partial charge in [0.05, 0.1) is 10.1 Å². The van der Waals surface area contributed by atoms with Crippen molar-refractivity contribution in [1.82, 2.24) is 9.27 Å². The highest BCUT2D eigenvalue weighted by Gasteiger charge is 2.08. The summed E-state index contributed by atoms with van der Waals surface area (Å²) in [6.45, 7) is 1.30. The van der Waals surface area contributed by atoms with Gasteiger partial charge >= 0.3 is 0 Å². The molecule has 0 unspecified atom stereocenters. The first-order valence-corrected chi connectivity index (χ1v) is 9.55. The number of benzene rings is 2. The lowest BCUT2D eigenvalue weighted by Crippen LogP contribution is -2.24. The second-order valence-electron chi connectivity index (χ2n) is 6.18. The van der Waals surface area contributed by atoms with Gasteiger partial charge in [-0.25, -0.2) is 4.39 Å². The van der Waals surface area contributed by atoms with E-state index in [2.05, 4.69) is 5.32 Å². The summed E-state index contributed by atoms with van der Waals surface area (Å²) in [5, 5.41) is 3.50. The second kappa shape index (κ2) is 8.76. The van der Waals surface area contributed by atoms with Crippen LogP contribution in [-0.2, 0) is 6.54 Å². The maximum Gasteiger partial charge on any atom is 0.268 e. The van der Waals surface area contributed by atoms with Crippen LogP contribution in [0.1, 0.15) is 36.0 Å². The van der Waals surface area contributed by atoms with Crippen LogP contribution >= 0.6 is 11.5 Å². The lowest BCUT2D eigenvalue weighted by Gasteiger charge is -2.05. The molecule has 0 atom stereocenters. The zero-order valence-corrected chi connectivity index (χ0v) is 15.2. The number of carbonyl (C=O) groups is 1. The molecule has 0 bridgehead atoms. The van der Waals surface area contributed by atoms with E-state index in [0.29, 0.717) is 28.7 Å². The van der Waals surface area contributed by atoms with E-state index in [1.165, 1.54) is 23.7 Å². The second-order valence-corrected chi connectivity index (χ2v) is 7.24. The summed E-state index contributed by atoms with van der Waals surface area (Å²) in [4.78, 5) is 24.1. The highest BCUT2D eigenvalue weighted by molar-refractivity contribution is 7.13. The number of nitrogens with zero attached hydrogens (tertiary/aromatic N) is 1. The summed E-state index contributed by atoms with van der Waals surface area (Å²) < 4.78 is 15.6. The van der Waals surface area contributed by atoms with Crippen molar-refractivity contribution >= 4 is 27.5 Å². The number of halogens is 1. The fourth-order valence-electron chi connectivity index (χ4n) is 2.82. The minimum atomic E-state index is -0.316. The lowest BCUT2D eigenvalue weighted by molar-refractivity contribution is 0.0953. The van der Waals surface area contributed by atoms with E-state index >= 15 is 0 Å². The fraction of sp³-hybridized carbons (Fsp3) is 0.300. The van der Waals surface area contributed by atoms with Crippen molar-refractivity contribution in [2.75, 3.05) is 6.54 Å². The van der Waals surface area contributed by atoms with Crippen molar-refractivity contribution in [3.63, 3.8) is 0 Å². The Morgan fingerprint density at radius 2 is 1.81 bits per heavy atom. The van der Waals surface area contributed by atoms with Gasteiger partial charge in [-0.15, -0.1) is 0 Å². The van der Waals surface area contributed by atoms with Crippen LogP contribution in [0.3, 0.4) is 0 Å². The normalized spacial score (nSPS) is 11.0. The minimum Gasteiger partial charge on any atom is -0.352 e. The molecule has 6 heteroatoms. The van der Waals surface area contributed by atoms with Crippen LogP contribution in [0.5, 0.6) is 0 Å². The van der Waals surface area contributed by atoms with Gasteiger partial charge in [-0.1, -0.05) is 42.6 Å². The topological polar surface area (TPSA) is 51.1 Å². The minimum absolute atomic E-state index is 0.0416. The molecule has 0 radical (unpaired) electrons. The standard InChI is InChI=1S/C20H21FN2O2S/c21-16-10-11-17-18(14-16)26-23(20(17)25)13-7-2-1-6-12-22-19(24)15-8-4-3-5-9-15/h3-5,8-11,14H,1-2,6-7,12-13H2,(H,22,24). The molecule has 1 heterocycles. The number of nitrogens with one attached hydrogen (secondary N) is 1. The van der Waals surface area contributed by atoms with Crippen LogP contribution in [0, 0.1) is 5.82 Å². The molecule has 0 aliphatic heterocycles. The molecule has 136 valence electrons. The molecular formula is C20H21FN2O2S. The number of hydrogen-bond acceptors (Lipinski definition) is 3. The number of carbonyl (C=O) groups excluding carboxylic acids is 1. The summed E-state index contributed by atoms with van der Waals surface area (Å²) in [7, 11) is 0.